The van der Waals surface area contributed by atoms with Crippen LogP contribution in [0.2, 0.25) is 0 Å². The van der Waals surface area contributed by atoms with Crippen LogP contribution in [0, 0.1) is 29.6 Å². The van der Waals surface area contributed by atoms with E-state index < -0.39 is 141 Å². The molecular formula is C29H40F22. The van der Waals surface area contributed by atoms with Gasteiger partial charge in [-0.25, -0.2) is 39.5 Å². The summed E-state index contributed by atoms with van der Waals surface area (Å²) < 4.78 is 277. The molecule has 0 N–H and O–H groups in total. The van der Waals surface area contributed by atoms with E-state index in [4.69, 9.17) is 0 Å². The summed E-state index contributed by atoms with van der Waals surface area (Å²) in [6.45, 7) is -0.511. The minimum Gasteiger partial charge on any atom is -0.255 e. The molecule has 8 unspecified atom stereocenters. The van der Waals surface area contributed by atoms with Crippen LogP contribution in [0.5, 0.6) is 0 Å². The topological polar surface area (TPSA) is 0 Å². The Kier molecular flexibility index (Phi) is 18.4. The van der Waals surface area contributed by atoms with Gasteiger partial charge in [0.15, 0.2) is 5.67 Å². The molecule has 0 radical (unpaired) electrons. The molecule has 8 atom stereocenters. The normalized spacial score (nSPS) is 32.2. The Hall–Kier alpha value is -1.54. The zero-order valence-corrected chi connectivity index (χ0v) is 27.8. The average molecular weight is 807 g/mol. The highest BCUT2D eigenvalue weighted by molar-refractivity contribution is 5.09. The summed E-state index contributed by atoms with van der Waals surface area (Å²) in [6.07, 6.45) is -24.1. The molecular weight excluding hydrogens is 766 g/mol. The van der Waals surface area contributed by atoms with Gasteiger partial charge in [0.2, 0.25) is 5.67 Å². The van der Waals surface area contributed by atoms with Gasteiger partial charge in [0.1, 0.15) is 6.42 Å². The van der Waals surface area contributed by atoms with Crippen molar-refractivity contribution in [1.29, 1.82) is 0 Å². The molecule has 2 fully saturated rings. The van der Waals surface area contributed by atoms with Gasteiger partial charge in [-0.2, -0.15) is 39.5 Å². The van der Waals surface area contributed by atoms with Crippen LogP contribution in [0.1, 0.15) is 72.6 Å². The van der Waals surface area contributed by atoms with Gasteiger partial charge in [-0.05, 0) is 44.4 Å². The molecule has 2 aliphatic carbocycles. The second kappa shape index (κ2) is 18.2. The smallest absolute Gasteiger partial charge is 0.255 e. The molecule has 0 amide bonds. The van der Waals surface area contributed by atoms with Crippen molar-refractivity contribution in [3.63, 3.8) is 0 Å². The van der Waals surface area contributed by atoms with Crippen LogP contribution in [0.25, 0.3) is 0 Å². The molecule has 0 saturated heterocycles. The first-order valence-electron chi connectivity index (χ1n) is 15.1. The van der Waals surface area contributed by atoms with Crippen molar-refractivity contribution in [2.24, 2.45) is 29.6 Å². The molecule has 0 heterocycles. The van der Waals surface area contributed by atoms with E-state index in [1.165, 1.54) is 20.8 Å². The molecule has 2 aliphatic rings. The van der Waals surface area contributed by atoms with E-state index >= 15 is 0 Å². The van der Waals surface area contributed by atoms with Gasteiger partial charge in [0.05, 0.1) is 39.0 Å². The fourth-order valence-electron chi connectivity index (χ4n) is 5.88. The highest BCUT2D eigenvalue weighted by Gasteiger charge is 2.75. The molecule has 22 heteroatoms. The maximum atomic E-state index is 13.7. The SMILES string of the molecule is CC1CC(CF)C(F)(F)C(F)(C(F)(F)F)C1.CCC(CF)C(CF)C(F)(F)CC(F)(F)F.CCC1CC(F)(C(F)(F)F)CC(C)(F)C1(F)F.CF. The van der Waals surface area contributed by atoms with Crippen LogP contribution in [0.3, 0.4) is 0 Å². The molecule has 0 aromatic rings. The lowest BCUT2D eigenvalue weighted by Gasteiger charge is -2.47. The van der Waals surface area contributed by atoms with Gasteiger partial charge >= 0.3 is 18.5 Å². The predicted octanol–water partition coefficient (Wildman–Crippen LogP) is 13.1. The third-order valence-corrected chi connectivity index (χ3v) is 8.82. The summed E-state index contributed by atoms with van der Waals surface area (Å²) >= 11 is 0. The summed E-state index contributed by atoms with van der Waals surface area (Å²) in [6, 6.07) is 0. The average Bonchev–Trinajstić information content (AvgIpc) is 2.94. The molecule has 310 valence electrons. The molecule has 0 bridgehead atoms. The third-order valence-electron chi connectivity index (χ3n) is 8.82. The Balaban J connectivity index is 0. The van der Waals surface area contributed by atoms with E-state index in [2.05, 4.69) is 0 Å². The summed E-state index contributed by atoms with van der Waals surface area (Å²) in [5.41, 5.74) is -12.0. The van der Waals surface area contributed by atoms with E-state index in [-0.39, 0.29) is 6.42 Å². The standard InChI is InChI=1S/C10H13F7.C9H11F7.C9H13F7.CH3F/c1-3-6-4-8(12,10(15,16)17)5-7(2,11)9(6,13)14;1-5-2-6(4-10)8(12,13)7(11,3-5)9(14,15)16;1-2-6(3-10)7(4-11)8(12,13)5-9(14,15)16;1-2/h6H,3-5H2,1-2H3;5-6H,2-4H2,1H3;6-7H,2-5H2,1H3;1H3. The summed E-state index contributed by atoms with van der Waals surface area (Å²) in [4.78, 5) is 0. The van der Waals surface area contributed by atoms with Crippen LogP contribution in [0.15, 0.2) is 0 Å². The van der Waals surface area contributed by atoms with Crippen molar-refractivity contribution in [3.8, 4) is 0 Å². The first-order valence-corrected chi connectivity index (χ1v) is 15.1. The van der Waals surface area contributed by atoms with E-state index in [0.717, 1.165) is 0 Å². The highest BCUT2D eigenvalue weighted by atomic mass is 19.4. The Morgan fingerprint density at radius 2 is 1.14 bits per heavy atom. The number of hydrogen-bond donors (Lipinski definition) is 0. The second-order valence-corrected chi connectivity index (χ2v) is 12.7. The lowest BCUT2D eigenvalue weighted by molar-refractivity contribution is -0.333. The predicted molar refractivity (Wildman–Crippen MR) is 142 cm³/mol. The molecule has 2 rings (SSSR count). The van der Waals surface area contributed by atoms with E-state index in [9.17, 15) is 96.6 Å². The highest BCUT2D eigenvalue weighted by Crippen LogP contribution is 2.58. The maximum absolute atomic E-state index is 13.7. The Morgan fingerprint density at radius 3 is 1.45 bits per heavy atom. The summed E-state index contributed by atoms with van der Waals surface area (Å²) in [5.74, 6) is -21.6. The van der Waals surface area contributed by atoms with E-state index in [1.807, 2.05) is 0 Å². The fraction of sp³-hybridized carbons (Fsp3) is 1.00. The largest absolute Gasteiger partial charge is 0.428 e. The molecule has 0 nitrogen and oxygen atoms in total. The minimum atomic E-state index is -5.68. The van der Waals surface area contributed by atoms with Gasteiger partial charge in [0.25, 0.3) is 23.4 Å². The van der Waals surface area contributed by atoms with Crippen LogP contribution < -0.4 is 0 Å². The van der Waals surface area contributed by atoms with Crippen molar-refractivity contribution in [2.45, 2.75) is 126 Å². The number of hydrogen-bond acceptors (Lipinski definition) is 0. The van der Waals surface area contributed by atoms with Crippen molar-refractivity contribution in [2.75, 3.05) is 27.2 Å². The summed E-state index contributed by atoms with van der Waals surface area (Å²) in [7, 11) is 0.500. The van der Waals surface area contributed by atoms with Gasteiger partial charge < -0.3 is 0 Å². The van der Waals surface area contributed by atoms with Gasteiger partial charge in [-0.1, -0.05) is 27.2 Å². The van der Waals surface area contributed by atoms with Crippen LogP contribution in [0.4, 0.5) is 96.6 Å². The van der Waals surface area contributed by atoms with Crippen molar-refractivity contribution in [1.82, 2.24) is 0 Å². The zero-order valence-electron chi connectivity index (χ0n) is 27.8. The molecule has 2 saturated carbocycles. The first-order chi connectivity index (χ1) is 22.6. The number of halogens is 22. The maximum Gasteiger partial charge on any atom is 0.428 e. The lowest BCUT2D eigenvalue weighted by Crippen LogP contribution is -2.62. The second-order valence-electron chi connectivity index (χ2n) is 12.7. The Labute approximate surface area is 280 Å². The van der Waals surface area contributed by atoms with Crippen molar-refractivity contribution < 1.29 is 96.6 Å². The van der Waals surface area contributed by atoms with Gasteiger partial charge in [-0.15, -0.1) is 0 Å². The van der Waals surface area contributed by atoms with E-state index in [1.54, 1.807) is 0 Å². The quantitative estimate of drug-likeness (QED) is 0.214. The Bertz CT molecular complexity index is 998. The monoisotopic (exact) mass is 806 g/mol. The molecule has 0 aromatic heterocycles. The molecule has 0 spiro atoms. The van der Waals surface area contributed by atoms with Crippen molar-refractivity contribution >= 4 is 0 Å². The van der Waals surface area contributed by atoms with Crippen LogP contribution in [-0.2, 0) is 0 Å². The minimum absolute atomic E-state index is 0.126. The van der Waals surface area contributed by atoms with Crippen LogP contribution >= 0.6 is 0 Å². The molecule has 0 aliphatic heterocycles. The summed E-state index contributed by atoms with van der Waals surface area (Å²) in [5, 5.41) is 0. The van der Waals surface area contributed by atoms with Gasteiger partial charge in [-0.3, -0.25) is 17.6 Å². The van der Waals surface area contributed by atoms with Gasteiger partial charge in [0, 0.05) is 12.3 Å². The number of alkyl halides is 22. The zero-order chi connectivity index (χ0) is 41.5. The fourth-order valence-corrected chi connectivity index (χ4v) is 5.88. The van der Waals surface area contributed by atoms with Crippen LogP contribution in [-0.4, -0.2) is 80.5 Å². The Morgan fingerprint density at radius 1 is 0.667 bits per heavy atom. The van der Waals surface area contributed by atoms with Crippen molar-refractivity contribution in [3.05, 3.63) is 0 Å². The first kappa shape index (κ1) is 51.6. The lowest BCUT2D eigenvalue weighted by atomic mass is 9.68. The third kappa shape index (κ3) is 12.2. The van der Waals surface area contributed by atoms with E-state index in [0.29, 0.717) is 14.1 Å². The number of rotatable bonds is 8. The molecule has 51 heavy (non-hydrogen) atoms. The molecule has 0 aromatic carbocycles.